The summed E-state index contributed by atoms with van der Waals surface area (Å²) in [6.07, 6.45) is -0.602. The van der Waals surface area contributed by atoms with Crippen molar-refractivity contribution in [3.63, 3.8) is 0 Å². The van der Waals surface area contributed by atoms with Crippen LogP contribution in [0.3, 0.4) is 0 Å². The minimum Gasteiger partial charge on any atom is -0.496 e. The van der Waals surface area contributed by atoms with Gasteiger partial charge in [-0.05, 0) is 24.1 Å². The maximum absolute atomic E-state index is 9.46. The zero-order chi connectivity index (χ0) is 9.84. The molecule has 0 aromatic heterocycles. The van der Waals surface area contributed by atoms with Crippen molar-refractivity contribution in [2.45, 2.75) is 13.0 Å². The summed E-state index contributed by atoms with van der Waals surface area (Å²) in [5, 5.41) is 9.46. The molecule has 0 aliphatic heterocycles. The van der Waals surface area contributed by atoms with Gasteiger partial charge < -0.3 is 15.6 Å². The highest BCUT2D eigenvalue weighted by Crippen LogP contribution is 2.22. The molecule has 72 valence electrons. The first-order valence-corrected chi connectivity index (χ1v) is 4.21. The number of methoxy groups -OCH3 is 1. The van der Waals surface area contributed by atoms with Gasteiger partial charge in [0.05, 0.1) is 13.2 Å². The quantitative estimate of drug-likeness (QED) is 0.731. The van der Waals surface area contributed by atoms with Gasteiger partial charge in [0, 0.05) is 6.54 Å². The van der Waals surface area contributed by atoms with Crippen molar-refractivity contribution in [1.29, 1.82) is 0 Å². The number of aryl methyl sites for hydroxylation is 1. The fourth-order valence-electron chi connectivity index (χ4n) is 1.18. The summed E-state index contributed by atoms with van der Waals surface area (Å²) < 4.78 is 5.13. The molecule has 0 amide bonds. The molecule has 0 aliphatic carbocycles. The van der Waals surface area contributed by atoms with Crippen molar-refractivity contribution in [3.05, 3.63) is 29.3 Å². The van der Waals surface area contributed by atoms with Crippen molar-refractivity contribution in [1.82, 2.24) is 0 Å². The third-order valence-corrected chi connectivity index (χ3v) is 2.04. The monoisotopic (exact) mass is 181 g/mol. The van der Waals surface area contributed by atoms with E-state index in [1.165, 1.54) is 0 Å². The summed E-state index contributed by atoms with van der Waals surface area (Å²) in [4.78, 5) is 0. The van der Waals surface area contributed by atoms with Gasteiger partial charge in [-0.15, -0.1) is 0 Å². The molecule has 3 heteroatoms. The minimum atomic E-state index is -0.602. The van der Waals surface area contributed by atoms with E-state index in [2.05, 4.69) is 0 Å². The summed E-state index contributed by atoms with van der Waals surface area (Å²) in [7, 11) is 1.61. The zero-order valence-electron chi connectivity index (χ0n) is 7.95. The van der Waals surface area contributed by atoms with Gasteiger partial charge in [0.15, 0.2) is 0 Å². The molecule has 0 heterocycles. The lowest BCUT2D eigenvalue weighted by atomic mass is 10.1. The maximum atomic E-state index is 9.46. The van der Waals surface area contributed by atoms with Crippen molar-refractivity contribution >= 4 is 0 Å². The van der Waals surface area contributed by atoms with E-state index < -0.39 is 6.10 Å². The topological polar surface area (TPSA) is 55.5 Å². The van der Waals surface area contributed by atoms with Crippen molar-refractivity contribution < 1.29 is 9.84 Å². The first-order valence-electron chi connectivity index (χ1n) is 4.21. The SMILES string of the molecule is COc1cc([C@@H](O)CN)ccc1C. The lowest BCUT2D eigenvalue weighted by molar-refractivity contribution is 0.186. The third-order valence-electron chi connectivity index (χ3n) is 2.04. The van der Waals surface area contributed by atoms with Gasteiger partial charge in [0.1, 0.15) is 5.75 Å². The number of nitrogens with two attached hydrogens (primary N) is 1. The van der Waals surface area contributed by atoms with Crippen molar-refractivity contribution in [3.8, 4) is 5.75 Å². The van der Waals surface area contributed by atoms with Crippen LogP contribution in [-0.4, -0.2) is 18.8 Å². The number of hydrogen-bond acceptors (Lipinski definition) is 3. The average Bonchev–Trinajstić information content (AvgIpc) is 2.17. The van der Waals surface area contributed by atoms with Crippen LogP contribution < -0.4 is 10.5 Å². The van der Waals surface area contributed by atoms with Crippen LogP contribution in [0.2, 0.25) is 0 Å². The summed E-state index contributed by atoms with van der Waals surface area (Å²) in [5.41, 5.74) is 7.19. The molecule has 0 fully saturated rings. The molecule has 0 bridgehead atoms. The smallest absolute Gasteiger partial charge is 0.122 e. The lowest BCUT2D eigenvalue weighted by Crippen LogP contribution is -2.11. The predicted octanol–water partition coefficient (Wildman–Crippen LogP) is 0.996. The van der Waals surface area contributed by atoms with Crippen LogP contribution in [0.25, 0.3) is 0 Å². The van der Waals surface area contributed by atoms with Crippen LogP contribution in [0.1, 0.15) is 17.2 Å². The number of aliphatic hydroxyl groups excluding tert-OH is 1. The molecule has 3 nitrogen and oxygen atoms in total. The molecule has 1 aromatic carbocycles. The molecule has 0 saturated heterocycles. The average molecular weight is 181 g/mol. The van der Waals surface area contributed by atoms with Gasteiger partial charge >= 0.3 is 0 Å². The molecule has 1 aromatic rings. The summed E-state index contributed by atoms with van der Waals surface area (Å²) in [6, 6.07) is 5.58. The molecule has 0 spiro atoms. The van der Waals surface area contributed by atoms with E-state index in [4.69, 9.17) is 10.5 Å². The molecular formula is C10H15NO2. The van der Waals surface area contributed by atoms with Crippen molar-refractivity contribution in [2.75, 3.05) is 13.7 Å². The Morgan fingerprint density at radius 2 is 2.23 bits per heavy atom. The Kier molecular flexibility index (Phi) is 3.28. The Labute approximate surface area is 78.1 Å². The molecule has 13 heavy (non-hydrogen) atoms. The Balaban J connectivity index is 2.99. The van der Waals surface area contributed by atoms with E-state index in [1.54, 1.807) is 7.11 Å². The van der Waals surface area contributed by atoms with Crippen LogP contribution in [0.5, 0.6) is 5.75 Å². The predicted molar refractivity (Wildman–Crippen MR) is 51.7 cm³/mol. The second-order valence-corrected chi connectivity index (χ2v) is 2.98. The minimum absolute atomic E-state index is 0.228. The number of aliphatic hydroxyl groups is 1. The highest BCUT2D eigenvalue weighted by Gasteiger charge is 2.07. The van der Waals surface area contributed by atoms with E-state index in [0.29, 0.717) is 0 Å². The number of hydrogen-bond donors (Lipinski definition) is 2. The normalized spacial score (nSPS) is 12.6. The van der Waals surface area contributed by atoms with Gasteiger partial charge in [0.2, 0.25) is 0 Å². The highest BCUT2D eigenvalue weighted by atomic mass is 16.5. The molecule has 3 N–H and O–H groups in total. The molecule has 0 saturated carbocycles. The van der Waals surface area contributed by atoms with E-state index in [0.717, 1.165) is 16.9 Å². The number of benzene rings is 1. The summed E-state index contributed by atoms with van der Waals surface area (Å²) >= 11 is 0. The molecule has 1 atom stereocenters. The first-order chi connectivity index (χ1) is 6.19. The Hall–Kier alpha value is -1.06. The van der Waals surface area contributed by atoms with Gasteiger partial charge in [-0.2, -0.15) is 0 Å². The van der Waals surface area contributed by atoms with E-state index in [1.807, 2.05) is 25.1 Å². The second-order valence-electron chi connectivity index (χ2n) is 2.98. The Morgan fingerprint density at radius 3 is 2.77 bits per heavy atom. The standard InChI is InChI=1S/C10H15NO2/c1-7-3-4-8(9(12)6-11)5-10(7)13-2/h3-5,9,12H,6,11H2,1-2H3/t9-/m0/s1. The number of ether oxygens (including phenoxy) is 1. The molecule has 1 rings (SSSR count). The fraction of sp³-hybridized carbons (Fsp3) is 0.400. The van der Waals surface area contributed by atoms with Crippen LogP contribution in [-0.2, 0) is 0 Å². The number of rotatable bonds is 3. The third kappa shape index (κ3) is 2.20. The van der Waals surface area contributed by atoms with Crippen LogP contribution in [0.15, 0.2) is 18.2 Å². The summed E-state index contributed by atoms with van der Waals surface area (Å²) in [5.74, 6) is 0.782. The Bertz CT molecular complexity index is 286. The van der Waals surface area contributed by atoms with E-state index in [9.17, 15) is 5.11 Å². The van der Waals surface area contributed by atoms with Gasteiger partial charge in [-0.3, -0.25) is 0 Å². The molecular weight excluding hydrogens is 166 g/mol. The van der Waals surface area contributed by atoms with Crippen LogP contribution in [0.4, 0.5) is 0 Å². The van der Waals surface area contributed by atoms with Gasteiger partial charge in [0.25, 0.3) is 0 Å². The van der Waals surface area contributed by atoms with E-state index in [-0.39, 0.29) is 6.54 Å². The Morgan fingerprint density at radius 1 is 1.54 bits per heavy atom. The van der Waals surface area contributed by atoms with E-state index >= 15 is 0 Å². The molecule has 0 aliphatic rings. The lowest BCUT2D eigenvalue weighted by Gasteiger charge is -2.11. The van der Waals surface area contributed by atoms with Gasteiger partial charge in [-0.25, -0.2) is 0 Å². The first kappa shape index (κ1) is 10.0. The maximum Gasteiger partial charge on any atom is 0.122 e. The van der Waals surface area contributed by atoms with Crippen molar-refractivity contribution in [2.24, 2.45) is 5.73 Å². The second kappa shape index (κ2) is 4.25. The fourth-order valence-corrected chi connectivity index (χ4v) is 1.18. The molecule has 0 radical (unpaired) electrons. The molecule has 0 unspecified atom stereocenters. The zero-order valence-corrected chi connectivity index (χ0v) is 7.95. The largest absolute Gasteiger partial charge is 0.496 e. The highest BCUT2D eigenvalue weighted by molar-refractivity contribution is 5.37. The van der Waals surface area contributed by atoms with Crippen LogP contribution >= 0.6 is 0 Å². The van der Waals surface area contributed by atoms with Gasteiger partial charge in [-0.1, -0.05) is 12.1 Å². The van der Waals surface area contributed by atoms with Crippen LogP contribution in [0, 0.1) is 6.92 Å². The summed E-state index contributed by atoms with van der Waals surface area (Å²) in [6.45, 7) is 2.18.